The minimum absolute atomic E-state index is 0.143. The number of hydrogen-bond donors (Lipinski definition) is 2. The number of ether oxygens (including phenoxy) is 1. The van der Waals surface area contributed by atoms with Gasteiger partial charge < -0.3 is 15.8 Å². The van der Waals surface area contributed by atoms with E-state index in [-0.39, 0.29) is 23.3 Å². The van der Waals surface area contributed by atoms with Gasteiger partial charge in [0.05, 0.1) is 6.61 Å². The Morgan fingerprint density at radius 3 is 2.09 bits per heavy atom. The van der Waals surface area contributed by atoms with Crippen molar-refractivity contribution in [2.45, 2.75) is 51.5 Å². The fourth-order valence-corrected chi connectivity index (χ4v) is 2.22. The molecule has 1 rings (SSSR count). The molecule has 0 saturated carbocycles. The molecule has 0 bridgehead atoms. The summed E-state index contributed by atoms with van der Waals surface area (Å²) in [6, 6.07) is 7.98. The number of carbonyl (C=O) groups is 1. The molecule has 0 heterocycles. The molecule has 22 heavy (non-hydrogen) atoms. The number of amides is 1. The summed E-state index contributed by atoms with van der Waals surface area (Å²) in [5.74, 6) is -0.179. The fraction of sp³-hybridized carbons (Fsp3) is 0.611. The number of rotatable bonds is 6. The monoisotopic (exact) mass is 306 g/mol. The molecule has 0 aliphatic rings. The lowest BCUT2D eigenvalue weighted by Gasteiger charge is -2.28. The van der Waals surface area contributed by atoms with Crippen LogP contribution in [0.15, 0.2) is 24.3 Å². The lowest BCUT2D eigenvalue weighted by Crippen LogP contribution is -2.47. The summed E-state index contributed by atoms with van der Waals surface area (Å²) < 4.78 is 4.90. The third kappa shape index (κ3) is 5.11. The van der Waals surface area contributed by atoms with Gasteiger partial charge in [-0.15, -0.1) is 0 Å². The smallest absolute Gasteiger partial charge is 0.239 e. The molecule has 1 amide bonds. The van der Waals surface area contributed by atoms with Gasteiger partial charge in [-0.05, 0) is 16.5 Å². The van der Waals surface area contributed by atoms with Gasteiger partial charge in [0.1, 0.15) is 6.04 Å². The molecule has 4 heteroatoms. The topological polar surface area (TPSA) is 64.3 Å². The van der Waals surface area contributed by atoms with Gasteiger partial charge in [0.25, 0.3) is 0 Å². The van der Waals surface area contributed by atoms with Crippen molar-refractivity contribution >= 4 is 5.91 Å². The molecular weight excluding hydrogens is 276 g/mol. The lowest BCUT2D eigenvalue weighted by molar-refractivity contribution is -0.123. The van der Waals surface area contributed by atoms with Crippen LogP contribution in [0.25, 0.3) is 0 Å². The van der Waals surface area contributed by atoms with Crippen LogP contribution in [0.3, 0.4) is 0 Å². The second kappa shape index (κ2) is 7.25. The highest BCUT2D eigenvalue weighted by atomic mass is 16.5. The molecule has 124 valence electrons. The molecule has 1 unspecified atom stereocenters. The minimum Gasteiger partial charge on any atom is -0.383 e. The maximum atomic E-state index is 11.9. The second-order valence-corrected chi connectivity index (χ2v) is 7.49. The molecule has 0 fully saturated rings. The third-order valence-electron chi connectivity index (χ3n) is 3.92. The summed E-state index contributed by atoms with van der Waals surface area (Å²) in [6.45, 7) is 11.6. The van der Waals surface area contributed by atoms with Crippen molar-refractivity contribution in [3.05, 3.63) is 35.4 Å². The quantitative estimate of drug-likeness (QED) is 0.848. The van der Waals surface area contributed by atoms with Crippen molar-refractivity contribution < 1.29 is 9.53 Å². The van der Waals surface area contributed by atoms with Crippen LogP contribution in [-0.4, -0.2) is 32.2 Å². The average Bonchev–Trinajstić information content (AvgIpc) is 2.44. The zero-order valence-corrected chi connectivity index (χ0v) is 14.7. The lowest BCUT2D eigenvalue weighted by atomic mass is 9.81. The Hall–Kier alpha value is -1.39. The first-order valence-corrected chi connectivity index (χ1v) is 7.71. The Labute approximate surface area is 134 Å². The number of nitrogens with two attached hydrogens (primary N) is 1. The first-order valence-electron chi connectivity index (χ1n) is 7.71. The van der Waals surface area contributed by atoms with Crippen LogP contribution in [0.1, 0.15) is 45.7 Å². The van der Waals surface area contributed by atoms with E-state index in [0.29, 0.717) is 6.54 Å². The Kier molecular flexibility index (Phi) is 6.15. The summed E-state index contributed by atoms with van der Waals surface area (Å²) in [4.78, 5) is 11.9. The van der Waals surface area contributed by atoms with Gasteiger partial charge in [0.2, 0.25) is 5.91 Å². The van der Waals surface area contributed by atoms with Crippen LogP contribution in [0.4, 0.5) is 0 Å². The Morgan fingerprint density at radius 1 is 1.14 bits per heavy atom. The summed E-state index contributed by atoms with van der Waals surface area (Å²) >= 11 is 0. The zero-order valence-electron chi connectivity index (χ0n) is 14.7. The van der Waals surface area contributed by atoms with E-state index < -0.39 is 6.04 Å². The molecule has 1 aromatic carbocycles. The standard InChI is InChI=1S/C18H30N2O2/c1-17(2,3)13-7-9-14(10-8-13)18(4,5)12-20-16(21)15(19)11-22-6/h7-10,15H,11-12,19H2,1-6H3,(H,20,21). The SMILES string of the molecule is COCC(N)C(=O)NCC(C)(C)c1ccc(C(C)(C)C)cc1. The highest BCUT2D eigenvalue weighted by Crippen LogP contribution is 2.27. The van der Waals surface area contributed by atoms with Crippen LogP contribution in [0.5, 0.6) is 0 Å². The average molecular weight is 306 g/mol. The zero-order chi connectivity index (χ0) is 17.0. The molecule has 0 spiro atoms. The number of carbonyl (C=O) groups excluding carboxylic acids is 1. The van der Waals surface area contributed by atoms with Crippen LogP contribution in [0.2, 0.25) is 0 Å². The van der Waals surface area contributed by atoms with E-state index in [1.807, 2.05) is 0 Å². The molecular formula is C18H30N2O2. The molecule has 4 nitrogen and oxygen atoms in total. The summed E-state index contributed by atoms with van der Waals surface area (Å²) in [5.41, 5.74) is 8.21. The van der Waals surface area contributed by atoms with Crippen LogP contribution >= 0.6 is 0 Å². The summed E-state index contributed by atoms with van der Waals surface area (Å²) in [5, 5.41) is 2.91. The van der Waals surface area contributed by atoms with E-state index in [1.165, 1.54) is 18.2 Å². The second-order valence-electron chi connectivity index (χ2n) is 7.49. The molecule has 0 saturated heterocycles. The van der Waals surface area contributed by atoms with Gasteiger partial charge in [-0.25, -0.2) is 0 Å². The molecule has 3 N–H and O–H groups in total. The van der Waals surface area contributed by atoms with E-state index in [2.05, 4.69) is 64.2 Å². The van der Waals surface area contributed by atoms with E-state index in [9.17, 15) is 4.79 Å². The Bertz CT molecular complexity index is 487. The summed E-state index contributed by atoms with van der Waals surface area (Å²) in [6.07, 6.45) is 0. The Balaban J connectivity index is 2.72. The number of methoxy groups -OCH3 is 1. The van der Waals surface area contributed by atoms with Crippen molar-refractivity contribution in [3.63, 3.8) is 0 Å². The highest BCUT2D eigenvalue weighted by Gasteiger charge is 2.24. The minimum atomic E-state index is -0.621. The van der Waals surface area contributed by atoms with Crippen LogP contribution in [-0.2, 0) is 20.4 Å². The van der Waals surface area contributed by atoms with Gasteiger partial charge in [0.15, 0.2) is 0 Å². The van der Waals surface area contributed by atoms with Gasteiger partial charge in [0, 0.05) is 19.1 Å². The maximum Gasteiger partial charge on any atom is 0.239 e. The first kappa shape index (κ1) is 18.7. The third-order valence-corrected chi connectivity index (χ3v) is 3.92. The van der Waals surface area contributed by atoms with Gasteiger partial charge in [-0.2, -0.15) is 0 Å². The largest absolute Gasteiger partial charge is 0.383 e. The highest BCUT2D eigenvalue weighted by molar-refractivity contribution is 5.81. The van der Waals surface area contributed by atoms with Crippen molar-refractivity contribution in [2.24, 2.45) is 5.73 Å². The fourth-order valence-electron chi connectivity index (χ4n) is 2.22. The predicted octanol–water partition coefficient (Wildman–Crippen LogP) is 2.35. The first-order chi connectivity index (χ1) is 10.1. The van der Waals surface area contributed by atoms with Gasteiger partial charge >= 0.3 is 0 Å². The van der Waals surface area contributed by atoms with E-state index >= 15 is 0 Å². The molecule has 1 aromatic rings. The van der Waals surface area contributed by atoms with E-state index in [0.717, 1.165) is 0 Å². The van der Waals surface area contributed by atoms with Crippen molar-refractivity contribution in [3.8, 4) is 0 Å². The van der Waals surface area contributed by atoms with Crippen molar-refractivity contribution in [1.29, 1.82) is 0 Å². The van der Waals surface area contributed by atoms with Crippen molar-refractivity contribution in [1.82, 2.24) is 5.32 Å². The maximum absolute atomic E-state index is 11.9. The molecule has 0 aliphatic heterocycles. The van der Waals surface area contributed by atoms with Crippen molar-refractivity contribution in [2.75, 3.05) is 20.3 Å². The summed E-state index contributed by atoms with van der Waals surface area (Å²) in [7, 11) is 1.54. The normalized spacial score (nSPS) is 13.8. The molecule has 1 atom stereocenters. The van der Waals surface area contributed by atoms with Crippen LogP contribution in [0, 0.1) is 0 Å². The predicted molar refractivity (Wildman–Crippen MR) is 91.0 cm³/mol. The van der Waals surface area contributed by atoms with Gasteiger partial charge in [-0.1, -0.05) is 58.9 Å². The number of nitrogens with one attached hydrogen (secondary N) is 1. The molecule has 0 aliphatic carbocycles. The Morgan fingerprint density at radius 2 is 1.64 bits per heavy atom. The molecule has 0 aromatic heterocycles. The number of hydrogen-bond acceptors (Lipinski definition) is 3. The molecule has 0 radical (unpaired) electrons. The van der Waals surface area contributed by atoms with Gasteiger partial charge in [-0.3, -0.25) is 4.79 Å². The van der Waals surface area contributed by atoms with E-state index in [1.54, 1.807) is 0 Å². The number of benzene rings is 1. The van der Waals surface area contributed by atoms with Crippen LogP contribution < -0.4 is 11.1 Å². The van der Waals surface area contributed by atoms with E-state index in [4.69, 9.17) is 10.5 Å².